The zero-order valence-electron chi connectivity index (χ0n) is 10.9. The van der Waals surface area contributed by atoms with Crippen LogP contribution >= 0.6 is 0 Å². The summed E-state index contributed by atoms with van der Waals surface area (Å²) in [6, 6.07) is 0. The predicted octanol–water partition coefficient (Wildman–Crippen LogP) is 2.68. The average molecular weight is 262 g/mol. The van der Waals surface area contributed by atoms with Crippen molar-refractivity contribution in [1.29, 1.82) is 0 Å². The summed E-state index contributed by atoms with van der Waals surface area (Å²) in [4.78, 5) is 11.2. The summed E-state index contributed by atoms with van der Waals surface area (Å²) >= 11 is 0. The molecule has 0 fully saturated rings. The molecule has 0 aromatic rings. The SMILES string of the molecule is CCCCCC(O)/C=C/C1=CC=C2OC(=O)C(O)=C12. The topological polar surface area (TPSA) is 66.8 Å². The van der Waals surface area contributed by atoms with Crippen molar-refractivity contribution in [2.45, 2.75) is 38.7 Å². The van der Waals surface area contributed by atoms with Crippen LogP contribution in [0.1, 0.15) is 32.6 Å². The first-order valence-corrected chi connectivity index (χ1v) is 6.58. The molecule has 19 heavy (non-hydrogen) atoms. The Bertz CT molecular complexity index is 494. The zero-order valence-corrected chi connectivity index (χ0v) is 10.9. The molecule has 102 valence electrons. The Kier molecular flexibility index (Phi) is 4.22. The monoisotopic (exact) mass is 262 g/mol. The fourth-order valence-corrected chi connectivity index (χ4v) is 2.12. The predicted molar refractivity (Wildman–Crippen MR) is 71.2 cm³/mol. The molecule has 1 unspecified atom stereocenters. The van der Waals surface area contributed by atoms with E-state index in [1.54, 1.807) is 24.3 Å². The molecular weight excluding hydrogens is 244 g/mol. The summed E-state index contributed by atoms with van der Waals surface area (Å²) in [7, 11) is 0. The normalized spacial score (nSPS) is 19.6. The number of ether oxygens (including phenoxy) is 1. The quantitative estimate of drug-likeness (QED) is 0.570. The number of esters is 1. The molecule has 1 heterocycles. The van der Waals surface area contributed by atoms with Gasteiger partial charge in [0.2, 0.25) is 5.76 Å². The second-order valence-electron chi connectivity index (χ2n) is 4.69. The van der Waals surface area contributed by atoms with Gasteiger partial charge in [-0.15, -0.1) is 0 Å². The summed E-state index contributed by atoms with van der Waals surface area (Å²) in [5.74, 6) is -0.702. The van der Waals surface area contributed by atoms with E-state index in [-0.39, 0.29) is 5.76 Å². The van der Waals surface area contributed by atoms with Crippen LogP contribution in [0, 0.1) is 0 Å². The number of carbonyl (C=O) groups excluding carboxylic acids is 1. The van der Waals surface area contributed by atoms with Crippen LogP contribution in [0.4, 0.5) is 0 Å². The van der Waals surface area contributed by atoms with Gasteiger partial charge < -0.3 is 14.9 Å². The van der Waals surface area contributed by atoms with E-state index in [1.807, 2.05) is 0 Å². The Morgan fingerprint density at radius 2 is 2.16 bits per heavy atom. The number of rotatable bonds is 6. The minimum Gasteiger partial charge on any atom is -0.501 e. The molecule has 2 aliphatic rings. The highest BCUT2D eigenvalue weighted by molar-refractivity contribution is 5.94. The lowest BCUT2D eigenvalue weighted by Gasteiger charge is -2.05. The minimum absolute atomic E-state index is 0.361. The number of allylic oxidation sites excluding steroid dienone is 4. The van der Waals surface area contributed by atoms with Crippen molar-refractivity contribution in [3.63, 3.8) is 0 Å². The Labute approximate surface area is 112 Å². The Balaban J connectivity index is 1.96. The smallest absolute Gasteiger partial charge is 0.379 e. The molecule has 1 atom stereocenters. The van der Waals surface area contributed by atoms with Crippen molar-refractivity contribution in [3.05, 3.63) is 47.0 Å². The zero-order chi connectivity index (χ0) is 13.8. The lowest BCUT2D eigenvalue weighted by Crippen LogP contribution is -2.02. The van der Waals surface area contributed by atoms with Gasteiger partial charge in [0.05, 0.1) is 11.7 Å². The van der Waals surface area contributed by atoms with Gasteiger partial charge >= 0.3 is 5.97 Å². The van der Waals surface area contributed by atoms with E-state index in [2.05, 4.69) is 6.92 Å². The molecule has 1 aliphatic carbocycles. The molecule has 2 rings (SSSR count). The van der Waals surface area contributed by atoms with Gasteiger partial charge in [0.1, 0.15) is 5.76 Å². The third kappa shape index (κ3) is 2.96. The van der Waals surface area contributed by atoms with Gasteiger partial charge in [0.15, 0.2) is 0 Å². The van der Waals surface area contributed by atoms with Crippen molar-refractivity contribution < 1.29 is 19.7 Å². The number of fused-ring (bicyclic) bond motifs is 1. The number of aliphatic hydroxyl groups excluding tert-OH is 2. The molecule has 0 aromatic heterocycles. The molecule has 0 saturated carbocycles. The van der Waals surface area contributed by atoms with Crippen LogP contribution in [0.2, 0.25) is 0 Å². The lowest BCUT2D eigenvalue weighted by atomic mass is 10.1. The van der Waals surface area contributed by atoms with E-state index in [1.165, 1.54) is 0 Å². The lowest BCUT2D eigenvalue weighted by molar-refractivity contribution is -0.135. The van der Waals surface area contributed by atoms with Crippen molar-refractivity contribution in [2.75, 3.05) is 0 Å². The highest BCUT2D eigenvalue weighted by atomic mass is 16.6. The Hall–Kier alpha value is -1.81. The number of aliphatic hydroxyl groups is 2. The standard InChI is InChI=1S/C15H18O4/c1-2-3-4-5-11(16)8-6-10-7-9-12-13(10)14(17)15(18)19-12/h6-9,11,16-17H,2-5H2,1H3/b8-6+. The van der Waals surface area contributed by atoms with Crippen LogP contribution in [-0.4, -0.2) is 22.3 Å². The summed E-state index contributed by atoms with van der Waals surface area (Å²) in [5.41, 5.74) is 1.11. The Morgan fingerprint density at radius 1 is 1.37 bits per heavy atom. The summed E-state index contributed by atoms with van der Waals surface area (Å²) < 4.78 is 4.86. The molecule has 0 radical (unpaired) electrons. The van der Waals surface area contributed by atoms with Gasteiger partial charge in [-0.1, -0.05) is 44.4 Å². The molecule has 0 aromatic carbocycles. The van der Waals surface area contributed by atoms with Gasteiger partial charge in [-0.25, -0.2) is 4.79 Å². The van der Waals surface area contributed by atoms with Crippen LogP contribution in [0.25, 0.3) is 0 Å². The van der Waals surface area contributed by atoms with Gasteiger partial charge in [-0.3, -0.25) is 0 Å². The van der Waals surface area contributed by atoms with Gasteiger partial charge in [0, 0.05) is 0 Å². The van der Waals surface area contributed by atoms with Crippen molar-refractivity contribution in [3.8, 4) is 0 Å². The molecule has 1 aliphatic heterocycles. The maximum Gasteiger partial charge on any atom is 0.379 e. The van der Waals surface area contributed by atoms with E-state index in [0.717, 1.165) is 25.7 Å². The minimum atomic E-state index is -0.719. The number of hydrogen-bond acceptors (Lipinski definition) is 4. The second kappa shape index (κ2) is 5.89. The van der Waals surface area contributed by atoms with E-state index >= 15 is 0 Å². The maximum absolute atomic E-state index is 11.2. The summed E-state index contributed by atoms with van der Waals surface area (Å²) in [6.45, 7) is 2.12. The third-order valence-electron chi connectivity index (χ3n) is 3.18. The molecule has 2 N–H and O–H groups in total. The largest absolute Gasteiger partial charge is 0.501 e. The molecule has 0 saturated heterocycles. The van der Waals surface area contributed by atoms with Gasteiger partial charge in [-0.05, 0) is 18.1 Å². The molecular formula is C15H18O4. The van der Waals surface area contributed by atoms with Crippen molar-refractivity contribution in [2.24, 2.45) is 0 Å². The van der Waals surface area contributed by atoms with Gasteiger partial charge in [-0.2, -0.15) is 0 Å². The summed E-state index contributed by atoms with van der Waals surface area (Å²) in [5, 5.41) is 19.4. The van der Waals surface area contributed by atoms with E-state index in [9.17, 15) is 15.0 Å². The van der Waals surface area contributed by atoms with Crippen LogP contribution in [-0.2, 0) is 9.53 Å². The van der Waals surface area contributed by atoms with Crippen LogP contribution in [0.3, 0.4) is 0 Å². The van der Waals surface area contributed by atoms with E-state index in [0.29, 0.717) is 16.9 Å². The highest BCUT2D eigenvalue weighted by Crippen LogP contribution is 2.35. The highest BCUT2D eigenvalue weighted by Gasteiger charge is 2.33. The first-order chi connectivity index (χ1) is 9.13. The molecule has 0 bridgehead atoms. The fourth-order valence-electron chi connectivity index (χ4n) is 2.12. The first kappa shape index (κ1) is 13.6. The third-order valence-corrected chi connectivity index (χ3v) is 3.18. The van der Waals surface area contributed by atoms with E-state index < -0.39 is 12.1 Å². The van der Waals surface area contributed by atoms with Crippen molar-refractivity contribution >= 4 is 5.97 Å². The molecule has 4 nitrogen and oxygen atoms in total. The van der Waals surface area contributed by atoms with Crippen LogP contribution in [0.5, 0.6) is 0 Å². The number of hydrogen-bond donors (Lipinski definition) is 2. The number of unbranched alkanes of at least 4 members (excludes halogenated alkanes) is 2. The summed E-state index contributed by atoms with van der Waals surface area (Å²) in [6.07, 6.45) is 10.2. The number of carbonyl (C=O) groups is 1. The first-order valence-electron chi connectivity index (χ1n) is 6.58. The van der Waals surface area contributed by atoms with Crippen LogP contribution in [0.15, 0.2) is 47.0 Å². The molecule has 0 amide bonds. The van der Waals surface area contributed by atoms with Gasteiger partial charge in [0.25, 0.3) is 0 Å². The van der Waals surface area contributed by atoms with Crippen LogP contribution < -0.4 is 0 Å². The average Bonchev–Trinajstić information content (AvgIpc) is 2.89. The second-order valence-corrected chi connectivity index (χ2v) is 4.69. The molecule has 0 spiro atoms. The van der Waals surface area contributed by atoms with E-state index in [4.69, 9.17) is 4.74 Å². The molecule has 4 heteroatoms. The fraction of sp³-hybridized carbons (Fsp3) is 0.400. The van der Waals surface area contributed by atoms with Crippen molar-refractivity contribution in [1.82, 2.24) is 0 Å². The Morgan fingerprint density at radius 3 is 2.89 bits per heavy atom. The maximum atomic E-state index is 11.2.